The van der Waals surface area contributed by atoms with E-state index in [0.717, 1.165) is 41.3 Å². The fourth-order valence-corrected chi connectivity index (χ4v) is 5.81. The van der Waals surface area contributed by atoms with Gasteiger partial charge in [0.2, 0.25) is 5.91 Å². The molecule has 2 amide bonds. The molecule has 37 heavy (non-hydrogen) atoms. The quantitative estimate of drug-likeness (QED) is 0.259. The van der Waals surface area contributed by atoms with Crippen molar-refractivity contribution < 1.29 is 14.3 Å². The molecule has 3 aromatic rings. The van der Waals surface area contributed by atoms with Crippen LogP contribution in [0.25, 0.3) is 0 Å². The summed E-state index contributed by atoms with van der Waals surface area (Å²) >= 11 is 13.0. The average Bonchev–Trinajstić information content (AvgIpc) is 3.39. The second kappa shape index (κ2) is 13.4. The van der Waals surface area contributed by atoms with Crippen LogP contribution in [0.5, 0.6) is 5.75 Å². The van der Waals surface area contributed by atoms with Gasteiger partial charge in [-0.05, 0) is 70.2 Å². The van der Waals surface area contributed by atoms with E-state index in [-0.39, 0.29) is 31.0 Å². The first kappa shape index (κ1) is 27.7. The van der Waals surface area contributed by atoms with E-state index in [2.05, 4.69) is 37.2 Å². The van der Waals surface area contributed by atoms with Gasteiger partial charge in [0.05, 0.1) is 4.47 Å². The maximum Gasteiger partial charge on any atom is 0.261 e. The molecule has 8 heteroatoms. The zero-order chi connectivity index (χ0) is 26.2. The largest absolute Gasteiger partial charge is 0.483 e. The molecular formula is C29H29Br2ClN2O3. The van der Waals surface area contributed by atoms with Crippen molar-refractivity contribution in [3.63, 3.8) is 0 Å². The predicted molar refractivity (Wildman–Crippen MR) is 154 cm³/mol. The molecule has 194 valence electrons. The topological polar surface area (TPSA) is 58.6 Å². The average molecular weight is 649 g/mol. The predicted octanol–water partition coefficient (Wildman–Crippen LogP) is 6.94. The summed E-state index contributed by atoms with van der Waals surface area (Å²) in [5.74, 6) is 0.103. The van der Waals surface area contributed by atoms with Crippen LogP contribution >= 0.6 is 43.5 Å². The molecule has 1 N–H and O–H groups in total. The first-order valence-electron chi connectivity index (χ1n) is 12.3. The highest BCUT2D eigenvalue weighted by molar-refractivity contribution is 9.10. The number of ether oxygens (including phenoxy) is 1. The third-order valence-corrected chi connectivity index (χ3v) is 7.81. The molecule has 4 rings (SSSR count). The van der Waals surface area contributed by atoms with Crippen molar-refractivity contribution in [1.29, 1.82) is 0 Å². The van der Waals surface area contributed by atoms with Crippen LogP contribution in [0.4, 0.5) is 0 Å². The fourth-order valence-electron chi connectivity index (χ4n) is 4.57. The van der Waals surface area contributed by atoms with Crippen LogP contribution in [0.3, 0.4) is 0 Å². The summed E-state index contributed by atoms with van der Waals surface area (Å²) in [7, 11) is 0. The van der Waals surface area contributed by atoms with Crippen molar-refractivity contribution in [1.82, 2.24) is 10.2 Å². The van der Waals surface area contributed by atoms with Crippen molar-refractivity contribution in [2.45, 2.75) is 50.7 Å². The van der Waals surface area contributed by atoms with E-state index >= 15 is 0 Å². The molecule has 0 bridgehead atoms. The first-order valence-corrected chi connectivity index (χ1v) is 14.3. The summed E-state index contributed by atoms with van der Waals surface area (Å²) in [4.78, 5) is 29.1. The van der Waals surface area contributed by atoms with Crippen LogP contribution in [0.15, 0.2) is 81.7 Å². The number of nitrogens with one attached hydrogen (secondary N) is 1. The zero-order valence-electron chi connectivity index (χ0n) is 20.3. The van der Waals surface area contributed by atoms with Crippen LogP contribution in [0.1, 0.15) is 36.8 Å². The fraction of sp³-hybridized carbons (Fsp3) is 0.310. The molecule has 0 aromatic heterocycles. The van der Waals surface area contributed by atoms with Gasteiger partial charge in [-0.2, -0.15) is 0 Å². The summed E-state index contributed by atoms with van der Waals surface area (Å²) < 4.78 is 7.44. The number of rotatable bonds is 10. The second-order valence-electron chi connectivity index (χ2n) is 9.21. The van der Waals surface area contributed by atoms with Crippen LogP contribution in [-0.2, 0) is 22.6 Å². The number of amides is 2. The molecule has 1 fully saturated rings. The summed E-state index contributed by atoms with van der Waals surface area (Å²) in [6.07, 6.45) is 4.57. The highest BCUT2D eigenvalue weighted by Gasteiger charge is 2.32. The van der Waals surface area contributed by atoms with Gasteiger partial charge >= 0.3 is 0 Å². The summed E-state index contributed by atoms with van der Waals surface area (Å²) in [5, 5.41) is 3.78. The molecule has 0 saturated heterocycles. The molecule has 1 saturated carbocycles. The Kier molecular flexibility index (Phi) is 10.1. The Balaban J connectivity index is 1.62. The van der Waals surface area contributed by atoms with E-state index in [1.165, 1.54) is 0 Å². The maximum atomic E-state index is 13.7. The van der Waals surface area contributed by atoms with Crippen LogP contribution in [-0.4, -0.2) is 35.4 Å². The van der Waals surface area contributed by atoms with E-state index < -0.39 is 6.04 Å². The third kappa shape index (κ3) is 8.06. The number of benzene rings is 3. The van der Waals surface area contributed by atoms with Gasteiger partial charge in [0.15, 0.2) is 6.61 Å². The van der Waals surface area contributed by atoms with Gasteiger partial charge in [-0.1, -0.05) is 82.8 Å². The van der Waals surface area contributed by atoms with Crippen molar-refractivity contribution in [3.8, 4) is 5.75 Å². The van der Waals surface area contributed by atoms with Gasteiger partial charge in [-0.25, -0.2) is 0 Å². The molecule has 0 unspecified atom stereocenters. The summed E-state index contributed by atoms with van der Waals surface area (Å²) in [6, 6.07) is 22.2. The van der Waals surface area contributed by atoms with Crippen LogP contribution in [0, 0.1) is 0 Å². The SMILES string of the molecule is O=C(NC1CCCC1)[C@H](Cc1ccccc1)N(Cc1cccc(Br)c1)C(=O)COc1ccc(Cl)cc1Br. The van der Waals surface area contributed by atoms with Crippen molar-refractivity contribution in [3.05, 3.63) is 97.9 Å². The lowest BCUT2D eigenvalue weighted by atomic mass is 10.0. The van der Waals surface area contributed by atoms with E-state index in [0.29, 0.717) is 21.7 Å². The molecule has 3 aromatic carbocycles. The first-order chi connectivity index (χ1) is 17.9. The molecule has 1 aliphatic carbocycles. The summed E-state index contributed by atoms with van der Waals surface area (Å²) in [6.45, 7) is 0.0647. The standard InChI is InChI=1S/C29H29Br2ClN2O3/c30-22-10-6-9-21(15-22)18-34(28(35)19-37-27-14-13-23(32)17-25(27)31)26(16-20-7-2-1-3-8-20)29(36)33-24-11-4-5-12-24/h1-3,6-10,13-15,17,24,26H,4-5,11-12,16,18-19H2,(H,33,36)/t26-/m0/s1. The Labute approximate surface area is 239 Å². The van der Waals surface area contributed by atoms with Gasteiger partial charge in [-0.15, -0.1) is 0 Å². The Hall–Kier alpha value is -2.35. The number of nitrogens with zero attached hydrogens (tertiary/aromatic N) is 1. The van der Waals surface area contributed by atoms with E-state index in [9.17, 15) is 9.59 Å². The van der Waals surface area contributed by atoms with E-state index in [4.69, 9.17) is 16.3 Å². The molecule has 0 radical (unpaired) electrons. The molecule has 0 aliphatic heterocycles. The number of hydrogen-bond acceptors (Lipinski definition) is 3. The minimum absolute atomic E-state index is 0.133. The Bertz CT molecular complexity index is 1220. The minimum Gasteiger partial charge on any atom is -0.483 e. The Morgan fingerprint density at radius 1 is 0.973 bits per heavy atom. The van der Waals surface area contributed by atoms with Crippen molar-refractivity contribution in [2.75, 3.05) is 6.61 Å². The second-order valence-corrected chi connectivity index (χ2v) is 11.4. The van der Waals surface area contributed by atoms with E-state index in [1.54, 1.807) is 23.1 Å². The lowest BCUT2D eigenvalue weighted by molar-refractivity contribution is -0.143. The maximum absolute atomic E-state index is 13.7. The monoisotopic (exact) mass is 646 g/mol. The highest BCUT2D eigenvalue weighted by atomic mass is 79.9. The zero-order valence-corrected chi connectivity index (χ0v) is 24.3. The minimum atomic E-state index is -0.688. The Morgan fingerprint density at radius 2 is 1.70 bits per heavy atom. The molecule has 1 atom stereocenters. The van der Waals surface area contributed by atoms with E-state index in [1.807, 2.05) is 54.6 Å². The van der Waals surface area contributed by atoms with Crippen molar-refractivity contribution >= 4 is 55.3 Å². The third-order valence-electron chi connectivity index (χ3n) is 6.46. The lowest BCUT2D eigenvalue weighted by Gasteiger charge is -2.32. The van der Waals surface area contributed by atoms with Crippen LogP contribution in [0.2, 0.25) is 5.02 Å². The van der Waals surface area contributed by atoms with Gasteiger partial charge in [-0.3, -0.25) is 9.59 Å². The molecule has 0 heterocycles. The Morgan fingerprint density at radius 3 is 2.41 bits per heavy atom. The summed E-state index contributed by atoms with van der Waals surface area (Å²) in [5.41, 5.74) is 1.91. The molecular weight excluding hydrogens is 620 g/mol. The number of hydrogen-bond donors (Lipinski definition) is 1. The lowest BCUT2D eigenvalue weighted by Crippen LogP contribution is -2.53. The number of halogens is 3. The van der Waals surface area contributed by atoms with Crippen molar-refractivity contribution in [2.24, 2.45) is 0 Å². The number of carbonyl (C=O) groups excluding carboxylic acids is 2. The molecule has 1 aliphatic rings. The normalized spacial score (nSPS) is 14.2. The van der Waals surface area contributed by atoms with Crippen LogP contribution < -0.4 is 10.1 Å². The van der Waals surface area contributed by atoms with Gasteiger partial charge in [0.25, 0.3) is 5.91 Å². The highest BCUT2D eigenvalue weighted by Crippen LogP contribution is 2.28. The number of carbonyl (C=O) groups is 2. The molecule has 5 nitrogen and oxygen atoms in total. The molecule has 0 spiro atoms. The smallest absolute Gasteiger partial charge is 0.261 e. The van der Waals surface area contributed by atoms with Gasteiger partial charge < -0.3 is 15.0 Å². The van der Waals surface area contributed by atoms with Gasteiger partial charge in [0.1, 0.15) is 11.8 Å². The van der Waals surface area contributed by atoms with Gasteiger partial charge in [0, 0.05) is 28.5 Å².